The SMILES string of the molecule is CSCCO.O. The van der Waals surface area contributed by atoms with E-state index < -0.39 is 0 Å². The minimum Gasteiger partial charge on any atom is -0.412 e. The second-order valence-corrected chi connectivity index (χ2v) is 1.70. The third-order valence-electron chi connectivity index (χ3n) is 0.295. The van der Waals surface area contributed by atoms with E-state index >= 15 is 0 Å². The maximum absolute atomic E-state index is 8.05. The first kappa shape index (κ1) is 9.55. The van der Waals surface area contributed by atoms with Crippen LogP contribution in [-0.4, -0.2) is 29.2 Å². The summed E-state index contributed by atoms with van der Waals surface area (Å²) in [6, 6.07) is 0. The molecule has 0 rings (SSSR count). The van der Waals surface area contributed by atoms with Gasteiger partial charge in [0, 0.05) is 5.75 Å². The lowest BCUT2D eigenvalue weighted by Gasteiger charge is -1.80. The summed E-state index contributed by atoms with van der Waals surface area (Å²) >= 11 is 1.65. The highest BCUT2D eigenvalue weighted by Crippen LogP contribution is 1.85. The average molecular weight is 110 g/mol. The van der Waals surface area contributed by atoms with Crippen molar-refractivity contribution in [2.75, 3.05) is 18.6 Å². The molecule has 40 valence electrons. The van der Waals surface area contributed by atoms with E-state index in [0.29, 0.717) is 6.61 Å². The van der Waals surface area contributed by atoms with Crippen molar-refractivity contribution in [2.45, 2.75) is 0 Å². The molecule has 0 spiro atoms. The van der Waals surface area contributed by atoms with Crippen LogP contribution in [-0.2, 0) is 0 Å². The van der Waals surface area contributed by atoms with Gasteiger partial charge in [-0.1, -0.05) is 0 Å². The Bertz CT molecular complexity index is 16.3. The Labute approximate surface area is 41.9 Å². The van der Waals surface area contributed by atoms with Crippen LogP contribution in [0.1, 0.15) is 0 Å². The van der Waals surface area contributed by atoms with Gasteiger partial charge >= 0.3 is 0 Å². The number of rotatable bonds is 2. The summed E-state index contributed by atoms with van der Waals surface area (Å²) < 4.78 is 0. The molecule has 0 aliphatic heterocycles. The van der Waals surface area contributed by atoms with Gasteiger partial charge in [-0.15, -0.1) is 0 Å². The summed E-state index contributed by atoms with van der Waals surface area (Å²) in [5.74, 6) is 0.861. The Morgan fingerprint density at radius 1 is 1.67 bits per heavy atom. The highest BCUT2D eigenvalue weighted by Gasteiger charge is 1.68. The highest BCUT2D eigenvalue weighted by molar-refractivity contribution is 7.98. The van der Waals surface area contributed by atoms with Gasteiger partial charge in [-0.3, -0.25) is 0 Å². The van der Waals surface area contributed by atoms with E-state index in [0.717, 1.165) is 5.75 Å². The van der Waals surface area contributed by atoms with Crippen molar-refractivity contribution in [3.63, 3.8) is 0 Å². The van der Waals surface area contributed by atoms with Crippen LogP contribution in [0.25, 0.3) is 0 Å². The van der Waals surface area contributed by atoms with Crippen molar-refractivity contribution >= 4 is 11.8 Å². The van der Waals surface area contributed by atoms with Gasteiger partial charge in [-0.05, 0) is 6.26 Å². The molecule has 0 saturated heterocycles. The minimum atomic E-state index is 0. The molecule has 0 aliphatic rings. The standard InChI is InChI=1S/C3H8OS.H2O/c1-5-3-2-4;/h4H,2-3H2,1H3;1H2. The molecule has 3 N–H and O–H groups in total. The fourth-order valence-electron chi connectivity index (χ4n) is 0.0913. The first-order valence-corrected chi connectivity index (χ1v) is 2.91. The second kappa shape index (κ2) is 8.99. The predicted molar refractivity (Wildman–Crippen MR) is 29.1 cm³/mol. The van der Waals surface area contributed by atoms with E-state index in [-0.39, 0.29) is 5.48 Å². The molecule has 0 heterocycles. The minimum absolute atomic E-state index is 0. The van der Waals surface area contributed by atoms with Crippen LogP contribution in [0.2, 0.25) is 0 Å². The molecule has 0 aliphatic carbocycles. The Morgan fingerprint density at radius 3 is 2.17 bits per heavy atom. The third kappa shape index (κ3) is 8.86. The molecule has 0 radical (unpaired) electrons. The van der Waals surface area contributed by atoms with Gasteiger partial charge in [0.05, 0.1) is 6.61 Å². The number of aliphatic hydroxyl groups excluding tert-OH is 1. The molecule has 2 nitrogen and oxygen atoms in total. The Morgan fingerprint density at radius 2 is 2.17 bits per heavy atom. The highest BCUT2D eigenvalue weighted by atomic mass is 32.2. The van der Waals surface area contributed by atoms with E-state index in [1.165, 1.54) is 0 Å². The number of aliphatic hydroxyl groups is 1. The molecule has 0 fully saturated rings. The summed E-state index contributed by atoms with van der Waals surface area (Å²) in [6.45, 7) is 0.307. The molecule has 0 amide bonds. The van der Waals surface area contributed by atoms with Gasteiger partial charge in [0.1, 0.15) is 0 Å². The summed E-state index contributed by atoms with van der Waals surface area (Å²) in [5.41, 5.74) is 0. The summed E-state index contributed by atoms with van der Waals surface area (Å²) in [6.07, 6.45) is 1.97. The van der Waals surface area contributed by atoms with E-state index in [1.807, 2.05) is 6.26 Å². The first-order chi connectivity index (χ1) is 2.41. The first-order valence-electron chi connectivity index (χ1n) is 1.51. The lowest BCUT2D eigenvalue weighted by molar-refractivity contribution is 0.322. The van der Waals surface area contributed by atoms with E-state index in [1.54, 1.807) is 11.8 Å². The molecule has 0 aromatic carbocycles. The molecule has 3 heteroatoms. The van der Waals surface area contributed by atoms with Crippen molar-refractivity contribution in [1.29, 1.82) is 0 Å². The molecule has 6 heavy (non-hydrogen) atoms. The third-order valence-corrected chi connectivity index (χ3v) is 0.886. The van der Waals surface area contributed by atoms with Gasteiger partial charge < -0.3 is 10.6 Å². The molecule has 0 atom stereocenters. The predicted octanol–water partition coefficient (Wildman–Crippen LogP) is -0.483. The van der Waals surface area contributed by atoms with Crippen LogP contribution >= 0.6 is 11.8 Å². The number of hydrogen-bond acceptors (Lipinski definition) is 2. The molecule has 0 aromatic heterocycles. The lowest BCUT2D eigenvalue weighted by Crippen LogP contribution is -1.81. The van der Waals surface area contributed by atoms with E-state index in [9.17, 15) is 0 Å². The van der Waals surface area contributed by atoms with Crippen LogP contribution in [0.3, 0.4) is 0 Å². The molecule has 0 aromatic rings. The Balaban J connectivity index is 0. The molecule has 0 saturated carbocycles. The fourth-order valence-corrected chi connectivity index (χ4v) is 0.274. The maximum Gasteiger partial charge on any atom is 0.0521 e. The van der Waals surface area contributed by atoms with Crippen molar-refractivity contribution in [1.82, 2.24) is 0 Å². The second-order valence-electron chi connectivity index (χ2n) is 0.716. The van der Waals surface area contributed by atoms with Crippen molar-refractivity contribution < 1.29 is 10.6 Å². The Hall–Kier alpha value is 0.270. The van der Waals surface area contributed by atoms with Crippen LogP contribution in [0.15, 0.2) is 0 Å². The smallest absolute Gasteiger partial charge is 0.0521 e. The van der Waals surface area contributed by atoms with Crippen molar-refractivity contribution in [2.24, 2.45) is 0 Å². The zero-order valence-electron chi connectivity index (χ0n) is 3.77. The zero-order chi connectivity index (χ0) is 4.12. The van der Waals surface area contributed by atoms with Gasteiger partial charge in [-0.2, -0.15) is 11.8 Å². The van der Waals surface area contributed by atoms with Crippen LogP contribution < -0.4 is 0 Å². The van der Waals surface area contributed by atoms with Gasteiger partial charge in [-0.25, -0.2) is 0 Å². The maximum atomic E-state index is 8.05. The normalized spacial score (nSPS) is 7.00. The molecular weight excluding hydrogens is 100 g/mol. The fraction of sp³-hybridized carbons (Fsp3) is 1.00. The van der Waals surface area contributed by atoms with Crippen molar-refractivity contribution in [3.05, 3.63) is 0 Å². The van der Waals surface area contributed by atoms with Gasteiger partial charge in [0.2, 0.25) is 0 Å². The van der Waals surface area contributed by atoms with Gasteiger partial charge in [0.25, 0.3) is 0 Å². The molecular formula is C3H10O2S. The number of thioether (sulfide) groups is 1. The molecule has 0 bridgehead atoms. The lowest BCUT2D eigenvalue weighted by atomic mass is 10.9. The largest absolute Gasteiger partial charge is 0.412 e. The zero-order valence-corrected chi connectivity index (χ0v) is 4.59. The van der Waals surface area contributed by atoms with Gasteiger partial charge in [0.15, 0.2) is 0 Å². The van der Waals surface area contributed by atoms with Crippen molar-refractivity contribution in [3.8, 4) is 0 Å². The number of hydrogen-bond donors (Lipinski definition) is 1. The summed E-state index contributed by atoms with van der Waals surface area (Å²) in [7, 11) is 0. The van der Waals surface area contributed by atoms with Crippen LogP contribution in [0.4, 0.5) is 0 Å². The quantitative estimate of drug-likeness (QED) is 0.522. The Kier molecular flexibility index (Phi) is 14.3. The summed E-state index contributed by atoms with van der Waals surface area (Å²) in [4.78, 5) is 0. The van der Waals surface area contributed by atoms with E-state index in [2.05, 4.69) is 0 Å². The average Bonchev–Trinajstić information content (AvgIpc) is 1.41. The van der Waals surface area contributed by atoms with Crippen LogP contribution in [0, 0.1) is 0 Å². The monoisotopic (exact) mass is 110 g/mol. The molecule has 0 unspecified atom stereocenters. The topological polar surface area (TPSA) is 51.7 Å². The van der Waals surface area contributed by atoms with Crippen LogP contribution in [0.5, 0.6) is 0 Å². The van der Waals surface area contributed by atoms with E-state index in [4.69, 9.17) is 5.11 Å². The summed E-state index contributed by atoms with van der Waals surface area (Å²) in [5, 5.41) is 8.05.